The molecule has 0 unspecified atom stereocenters. The fourth-order valence-corrected chi connectivity index (χ4v) is 3.52. The Bertz CT molecular complexity index is 1210. The maximum atomic E-state index is 12.5. The molecular formula is C23H15ClO3. The summed E-state index contributed by atoms with van der Waals surface area (Å²) in [6, 6.07) is 22.8. The van der Waals surface area contributed by atoms with Crippen LogP contribution in [-0.4, -0.2) is 18.3 Å². The molecule has 3 nitrogen and oxygen atoms in total. The van der Waals surface area contributed by atoms with Crippen LogP contribution in [0.1, 0.15) is 20.7 Å². The zero-order valence-electron chi connectivity index (χ0n) is 14.5. The summed E-state index contributed by atoms with van der Waals surface area (Å²) in [5.74, 6) is -0.461. The van der Waals surface area contributed by atoms with Crippen LogP contribution >= 0.6 is 11.6 Å². The molecule has 0 aliphatic rings. The lowest BCUT2D eigenvalue weighted by molar-refractivity contribution is 0.0601. The van der Waals surface area contributed by atoms with Gasteiger partial charge in [-0.05, 0) is 68.5 Å². The lowest BCUT2D eigenvalue weighted by Gasteiger charge is -2.14. The molecule has 0 saturated heterocycles. The second-order valence-corrected chi connectivity index (χ2v) is 6.60. The fraction of sp³-hybridized carbons (Fsp3) is 0.0435. The Morgan fingerprint density at radius 2 is 1.11 bits per heavy atom. The zero-order valence-corrected chi connectivity index (χ0v) is 15.3. The molecule has 0 bridgehead atoms. The summed E-state index contributed by atoms with van der Waals surface area (Å²) < 4.78 is 4.98. The SMILES string of the molecule is COC(=O)c1cc2ccccc2cc1-c1cc2ccccc2cc1C(=O)Cl. The summed E-state index contributed by atoms with van der Waals surface area (Å²) in [4.78, 5) is 24.6. The lowest BCUT2D eigenvalue weighted by Crippen LogP contribution is -2.05. The molecule has 0 fully saturated rings. The number of ether oxygens (including phenoxy) is 1. The molecule has 0 spiro atoms. The number of hydrogen-bond donors (Lipinski definition) is 0. The van der Waals surface area contributed by atoms with Crippen LogP contribution in [0.4, 0.5) is 0 Å². The van der Waals surface area contributed by atoms with E-state index >= 15 is 0 Å². The summed E-state index contributed by atoms with van der Waals surface area (Å²) in [6.45, 7) is 0. The average molecular weight is 375 g/mol. The molecule has 4 heteroatoms. The normalized spacial score (nSPS) is 10.9. The summed E-state index contributed by atoms with van der Waals surface area (Å²) in [5, 5.41) is 3.17. The first kappa shape index (κ1) is 17.3. The summed E-state index contributed by atoms with van der Waals surface area (Å²) >= 11 is 5.89. The summed E-state index contributed by atoms with van der Waals surface area (Å²) in [6.07, 6.45) is 0. The minimum absolute atomic E-state index is 0.357. The van der Waals surface area contributed by atoms with Crippen molar-refractivity contribution < 1.29 is 14.3 Å². The molecule has 27 heavy (non-hydrogen) atoms. The van der Waals surface area contributed by atoms with Crippen LogP contribution in [0.5, 0.6) is 0 Å². The predicted molar refractivity (Wildman–Crippen MR) is 108 cm³/mol. The van der Waals surface area contributed by atoms with E-state index in [-0.39, 0.29) is 0 Å². The Balaban J connectivity index is 2.10. The number of rotatable bonds is 3. The molecule has 0 aromatic heterocycles. The van der Waals surface area contributed by atoms with Gasteiger partial charge in [0.1, 0.15) is 0 Å². The van der Waals surface area contributed by atoms with E-state index in [9.17, 15) is 9.59 Å². The van der Waals surface area contributed by atoms with Gasteiger partial charge >= 0.3 is 5.97 Å². The van der Waals surface area contributed by atoms with Crippen LogP contribution in [0.25, 0.3) is 32.7 Å². The second kappa shape index (κ2) is 6.86. The smallest absolute Gasteiger partial charge is 0.338 e. The molecule has 0 N–H and O–H groups in total. The molecule has 0 atom stereocenters. The third-order valence-corrected chi connectivity index (χ3v) is 4.88. The van der Waals surface area contributed by atoms with Gasteiger partial charge in [-0.1, -0.05) is 48.5 Å². The van der Waals surface area contributed by atoms with Crippen molar-refractivity contribution in [1.82, 2.24) is 0 Å². The Morgan fingerprint density at radius 1 is 0.704 bits per heavy atom. The van der Waals surface area contributed by atoms with E-state index in [1.54, 1.807) is 12.1 Å². The van der Waals surface area contributed by atoms with Crippen LogP contribution in [0.15, 0.2) is 72.8 Å². The highest BCUT2D eigenvalue weighted by Crippen LogP contribution is 2.35. The number of halogens is 1. The van der Waals surface area contributed by atoms with E-state index in [2.05, 4.69) is 0 Å². The van der Waals surface area contributed by atoms with Gasteiger partial charge in [-0.25, -0.2) is 4.79 Å². The Morgan fingerprint density at radius 3 is 1.56 bits per heavy atom. The quantitative estimate of drug-likeness (QED) is 0.335. The summed E-state index contributed by atoms with van der Waals surface area (Å²) in [5.41, 5.74) is 1.98. The van der Waals surface area contributed by atoms with Crippen molar-refractivity contribution in [2.45, 2.75) is 0 Å². The van der Waals surface area contributed by atoms with Crippen molar-refractivity contribution in [3.8, 4) is 11.1 Å². The minimum atomic E-state index is -0.570. The number of carbonyl (C=O) groups is 2. The van der Waals surface area contributed by atoms with Crippen molar-refractivity contribution in [3.63, 3.8) is 0 Å². The Labute approximate surface area is 161 Å². The number of esters is 1. The molecule has 4 aromatic carbocycles. The van der Waals surface area contributed by atoms with Gasteiger partial charge in [0, 0.05) is 5.56 Å². The van der Waals surface area contributed by atoms with Gasteiger partial charge in [-0.2, -0.15) is 0 Å². The maximum Gasteiger partial charge on any atom is 0.338 e. The highest BCUT2D eigenvalue weighted by Gasteiger charge is 2.20. The molecular weight excluding hydrogens is 360 g/mol. The number of methoxy groups -OCH3 is 1. The molecule has 4 rings (SSSR count). The Hall–Kier alpha value is -3.17. The second-order valence-electron chi connectivity index (χ2n) is 6.26. The van der Waals surface area contributed by atoms with Gasteiger partial charge in [-0.15, -0.1) is 0 Å². The maximum absolute atomic E-state index is 12.5. The first-order valence-corrected chi connectivity index (χ1v) is 8.80. The van der Waals surface area contributed by atoms with Crippen LogP contribution in [0.2, 0.25) is 0 Å². The molecule has 0 aliphatic carbocycles. The number of fused-ring (bicyclic) bond motifs is 2. The van der Waals surface area contributed by atoms with Gasteiger partial charge < -0.3 is 4.74 Å². The molecule has 0 aliphatic heterocycles. The highest BCUT2D eigenvalue weighted by molar-refractivity contribution is 6.68. The van der Waals surface area contributed by atoms with Gasteiger partial charge in [-0.3, -0.25) is 4.79 Å². The van der Waals surface area contributed by atoms with E-state index in [1.165, 1.54) is 7.11 Å². The monoisotopic (exact) mass is 374 g/mol. The van der Waals surface area contributed by atoms with E-state index in [1.807, 2.05) is 60.7 Å². The van der Waals surface area contributed by atoms with Crippen LogP contribution in [0, 0.1) is 0 Å². The molecule has 0 heterocycles. The minimum Gasteiger partial charge on any atom is -0.465 e. The highest BCUT2D eigenvalue weighted by atomic mass is 35.5. The van der Waals surface area contributed by atoms with E-state index < -0.39 is 11.2 Å². The van der Waals surface area contributed by atoms with E-state index in [4.69, 9.17) is 16.3 Å². The predicted octanol–water partition coefficient (Wildman–Crippen LogP) is 5.83. The number of carbonyl (C=O) groups excluding carboxylic acids is 2. The zero-order chi connectivity index (χ0) is 19.0. The molecule has 132 valence electrons. The van der Waals surface area contributed by atoms with Crippen molar-refractivity contribution >= 4 is 44.4 Å². The first-order chi connectivity index (χ1) is 13.1. The summed E-state index contributed by atoms with van der Waals surface area (Å²) in [7, 11) is 1.34. The van der Waals surface area contributed by atoms with Gasteiger partial charge in [0.25, 0.3) is 5.24 Å². The van der Waals surface area contributed by atoms with E-state index in [0.717, 1.165) is 21.5 Å². The van der Waals surface area contributed by atoms with Gasteiger partial charge in [0.15, 0.2) is 0 Å². The number of hydrogen-bond acceptors (Lipinski definition) is 3. The van der Waals surface area contributed by atoms with Crippen LogP contribution in [-0.2, 0) is 4.74 Å². The standard InChI is InChI=1S/C23H15ClO3/c1-27-23(26)21-13-17-9-5-3-7-15(17)11-19(21)18-10-14-6-2-4-8-16(14)12-20(18)22(24)25/h2-13H,1H3. The van der Waals surface area contributed by atoms with Crippen molar-refractivity contribution in [1.29, 1.82) is 0 Å². The fourth-order valence-electron chi connectivity index (χ4n) is 3.37. The molecule has 0 amide bonds. The molecule has 0 radical (unpaired) electrons. The van der Waals surface area contributed by atoms with E-state index in [0.29, 0.717) is 22.3 Å². The first-order valence-electron chi connectivity index (χ1n) is 8.42. The van der Waals surface area contributed by atoms with Crippen LogP contribution in [0.3, 0.4) is 0 Å². The Kier molecular flexibility index (Phi) is 4.38. The van der Waals surface area contributed by atoms with Crippen molar-refractivity contribution in [3.05, 3.63) is 83.9 Å². The van der Waals surface area contributed by atoms with Crippen molar-refractivity contribution in [2.24, 2.45) is 0 Å². The third kappa shape index (κ3) is 3.07. The number of benzene rings is 4. The van der Waals surface area contributed by atoms with Crippen LogP contribution < -0.4 is 0 Å². The molecule has 4 aromatic rings. The van der Waals surface area contributed by atoms with Gasteiger partial charge in [0.2, 0.25) is 0 Å². The third-order valence-electron chi connectivity index (χ3n) is 4.68. The van der Waals surface area contributed by atoms with Gasteiger partial charge in [0.05, 0.1) is 12.7 Å². The topological polar surface area (TPSA) is 43.4 Å². The lowest BCUT2D eigenvalue weighted by atomic mass is 9.91. The van der Waals surface area contributed by atoms with Crippen molar-refractivity contribution in [2.75, 3.05) is 7.11 Å². The largest absolute Gasteiger partial charge is 0.465 e. The molecule has 0 saturated carbocycles. The average Bonchev–Trinajstić information content (AvgIpc) is 2.71.